The molecule has 2 unspecified atom stereocenters. The van der Waals surface area contributed by atoms with Crippen LogP contribution >= 0.6 is 11.6 Å². The van der Waals surface area contributed by atoms with Crippen LogP contribution in [0.25, 0.3) is 0 Å². The molecule has 1 amide bonds. The molecule has 0 aromatic heterocycles. The fourth-order valence-electron chi connectivity index (χ4n) is 2.69. The van der Waals surface area contributed by atoms with Crippen molar-refractivity contribution in [2.24, 2.45) is 0 Å². The van der Waals surface area contributed by atoms with Gasteiger partial charge >= 0.3 is 0 Å². The first-order chi connectivity index (χ1) is 10.4. The lowest BCUT2D eigenvalue weighted by molar-refractivity contribution is -0.121. The van der Waals surface area contributed by atoms with Crippen molar-refractivity contribution in [3.8, 4) is 0 Å². The number of halogens is 2. The number of likely N-dealkylation sites (N-methyl/N-ethyl adjacent to an activating group) is 1. The molecule has 0 radical (unpaired) electrons. The van der Waals surface area contributed by atoms with Crippen LogP contribution in [0.3, 0.4) is 0 Å². The predicted molar refractivity (Wildman–Crippen MR) is 82.7 cm³/mol. The van der Waals surface area contributed by atoms with Gasteiger partial charge in [0, 0.05) is 25.9 Å². The normalized spacial score (nSPS) is 20.0. The molecular formula is C15H20ClFN2O3. The summed E-state index contributed by atoms with van der Waals surface area (Å²) >= 11 is 5.66. The maximum Gasteiger partial charge on any atom is 0.244 e. The molecule has 22 heavy (non-hydrogen) atoms. The van der Waals surface area contributed by atoms with Gasteiger partial charge in [0.1, 0.15) is 5.82 Å². The van der Waals surface area contributed by atoms with Crippen LogP contribution in [0.5, 0.6) is 0 Å². The molecule has 122 valence electrons. The monoisotopic (exact) mass is 330 g/mol. The van der Waals surface area contributed by atoms with Crippen molar-refractivity contribution in [2.75, 3.05) is 38.8 Å². The van der Waals surface area contributed by atoms with Crippen LogP contribution in [-0.4, -0.2) is 61.9 Å². The number of aliphatic hydroxyl groups is 1. The second kappa shape index (κ2) is 7.37. The Bertz CT molecular complexity index is 544. The second-order valence-corrected chi connectivity index (χ2v) is 5.85. The quantitative estimate of drug-likeness (QED) is 0.859. The molecule has 2 rings (SSSR count). The van der Waals surface area contributed by atoms with Gasteiger partial charge < -0.3 is 14.7 Å². The number of anilines is 1. The van der Waals surface area contributed by atoms with Gasteiger partial charge in [-0.3, -0.25) is 9.69 Å². The highest BCUT2D eigenvalue weighted by atomic mass is 35.5. The SMILES string of the molecule is COCC(O)CN(C)C1CCN(c2ccc(Cl)c(F)c2)C1=O. The molecule has 0 bridgehead atoms. The molecular weight excluding hydrogens is 311 g/mol. The molecule has 1 N–H and O–H groups in total. The predicted octanol–water partition coefficient (Wildman–Crippen LogP) is 1.52. The van der Waals surface area contributed by atoms with E-state index in [1.54, 1.807) is 22.9 Å². The molecule has 1 fully saturated rings. The van der Waals surface area contributed by atoms with Crippen molar-refractivity contribution in [2.45, 2.75) is 18.6 Å². The third kappa shape index (κ3) is 3.76. The van der Waals surface area contributed by atoms with E-state index in [9.17, 15) is 14.3 Å². The zero-order valence-electron chi connectivity index (χ0n) is 12.6. The molecule has 1 aromatic carbocycles. The summed E-state index contributed by atoms with van der Waals surface area (Å²) in [5, 5.41) is 9.79. The second-order valence-electron chi connectivity index (χ2n) is 5.44. The van der Waals surface area contributed by atoms with Gasteiger partial charge in [0.15, 0.2) is 0 Å². The minimum Gasteiger partial charge on any atom is -0.389 e. The van der Waals surface area contributed by atoms with E-state index in [-0.39, 0.29) is 23.6 Å². The third-order valence-electron chi connectivity index (χ3n) is 3.78. The van der Waals surface area contributed by atoms with Gasteiger partial charge in [0.25, 0.3) is 0 Å². The van der Waals surface area contributed by atoms with Gasteiger partial charge in [-0.15, -0.1) is 0 Å². The van der Waals surface area contributed by atoms with E-state index < -0.39 is 11.9 Å². The Morgan fingerprint density at radius 1 is 1.59 bits per heavy atom. The van der Waals surface area contributed by atoms with Crippen molar-refractivity contribution < 1.29 is 19.0 Å². The summed E-state index contributed by atoms with van der Waals surface area (Å²) in [6.07, 6.45) is -0.0240. The van der Waals surface area contributed by atoms with E-state index in [2.05, 4.69) is 0 Å². The van der Waals surface area contributed by atoms with Crippen LogP contribution in [0.15, 0.2) is 18.2 Å². The smallest absolute Gasteiger partial charge is 0.244 e. The fourth-order valence-corrected chi connectivity index (χ4v) is 2.81. The molecule has 1 saturated heterocycles. The molecule has 0 aliphatic carbocycles. The first-order valence-corrected chi connectivity index (χ1v) is 7.45. The van der Waals surface area contributed by atoms with E-state index in [0.29, 0.717) is 25.2 Å². The summed E-state index contributed by atoms with van der Waals surface area (Å²) in [6, 6.07) is 4.01. The maximum absolute atomic E-state index is 13.5. The Balaban J connectivity index is 2.04. The van der Waals surface area contributed by atoms with E-state index in [0.717, 1.165) is 0 Å². The molecule has 2 atom stereocenters. The number of hydrogen-bond acceptors (Lipinski definition) is 4. The summed E-state index contributed by atoms with van der Waals surface area (Å²) in [7, 11) is 3.30. The molecule has 1 heterocycles. The fraction of sp³-hybridized carbons (Fsp3) is 0.533. The zero-order chi connectivity index (χ0) is 16.3. The Kier molecular flexibility index (Phi) is 5.74. The first-order valence-electron chi connectivity index (χ1n) is 7.07. The Labute approximate surface area is 134 Å². The molecule has 7 heteroatoms. The van der Waals surface area contributed by atoms with E-state index in [1.807, 2.05) is 0 Å². The minimum atomic E-state index is -0.648. The molecule has 0 spiro atoms. The van der Waals surface area contributed by atoms with Gasteiger partial charge in [-0.05, 0) is 31.7 Å². The summed E-state index contributed by atoms with van der Waals surface area (Å²) in [6.45, 7) is 1.07. The van der Waals surface area contributed by atoms with Crippen LogP contribution in [-0.2, 0) is 9.53 Å². The van der Waals surface area contributed by atoms with Gasteiger partial charge in [-0.25, -0.2) is 4.39 Å². The van der Waals surface area contributed by atoms with Crippen LogP contribution in [0.4, 0.5) is 10.1 Å². The van der Waals surface area contributed by atoms with Crippen molar-refractivity contribution in [1.29, 1.82) is 0 Å². The largest absolute Gasteiger partial charge is 0.389 e. The highest BCUT2D eigenvalue weighted by Gasteiger charge is 2.35. The van der Waals surface area contributed by atoms with Crippen molar-refractivity contribution >= 4 is 23.2 Å². The summed E-state index contributed by atoms with van der Waals surface area (Å²) in [4.78, 5) is 15.8. The summed E-state index contributed by atoms with van der Waals surface area (Å²) in [5.41, 5.74) is 0.500. The standard InChI is InChI=1S/C15H20ClFN2O3/c1-18(8-11(20)9-22-2)14-5-6-19(15(14)21)10-3-4-12(16)13(17)7-10/h3-4,7,11,14,20H,5-6,8-9H2,1-2H3. The lowest BCUT2D eigenvalue weighted by Crippen LogP contribution is -2.43. The molecule has 0 saturated carbocycles. The molecule has 1 aliphatic rings. The maximum atomic E-state index is 13.5. The number of carbonyl (C=O) groups excluding carboxylic acids is 1. The van der Waals surface area contributed by atoms with Crippen molar-refractivity contribution in [3.63, 3.8) is 0 Å². The molecule has 1 aromatic rings. The number of methoxy groups -OCH3 is 1. The minimum absolute atomic E-state index is 0.0340. The Hall–Kier alpha value is -1.21. The topological polar surface area (TPSA) is 53.0 Å². The number of hydrogen-bond donors (Lipinski definition) is 1. The van der Waals surface area contributed by atoms with E-state index >= 15 is 0 Å². The van der Waals surface area contributed by atoms with Crippen molar-refractivity contribution in [1.82, 2.24) is 4.90 Å². The number of aliphatic hydroxyl groups excluding tert-OH is 1. The number of carbonyl (C=O) groups is 1. The van der Waals surface area contributed by atoms with Gasteiger partial charge in [0.2, 0.25) is 5.91 Å². The van der Waals surface area contributed by atoms with Gasteiger partial charge in [-0.1, -0.05) is 11.6 Å². The van der Waals surface area contributed by atoms with E-state index in [4.69, 9.17) is 16.3 Å². The first kappa shape index (κ1) is 17.1. The van der Waals surface area contributed by atoms with Crippen LogP contribution in [0.1, 0.15) is 6.42 Å². The Morgan fingerprint density at radius 3 is 2.95 bits per heavy atom. The number of benzene rings is 1. The summed E-state index contributed by atoms with van der Waals surface area (Å²) in [5.74, 6) is -0.645. The number of amides is 1. The number of nitrogens with zero attached hydrogens (tertiary/aromatic N) is 2. The number of rotatable bonds is 6. The molecule has 5 nitrogen and oxygen atoms in total. The lowest BCUT2D eigenvalue weighted by Gasteiger charge is -2.25. The van der Waals surface area contributed by atoms with E-state index in [1.165, 1.54) is 19.2 Å². The highest BCUT2D eigenvalue weighted by Crippen LogP contribution is 2.27. The van der Waals surface area contributed by atoms with Gasteiger partial charge in [0.05, 0.1) is 23.8 Å². The molecule has 1 aliphatic heterocycles. The van der Waals surface area contributed by atoms with Crippen LogP contribution in [0.2, 0.25) is 5.02 Å². The highest BCUT2D eigenvalue weighted by molar-refractivity contribution is 6.30. The summed E-state index contributed by atoms with van der Waals surface area (Å²) < 4.78 is 18.4. The van der Waals surface area contributed by atoms with Gasteiger partial charge in [-0.2, -0.15) is 0 Å². The number of ether oxygens (including phenoxy) is 1. The average molecular weight is 331 g/mol. The third-order valence-corrected chi connectivity index (χ3v) is 4.09. The van der Waals surface area contributed by atoms with Crippen LogP contribution in [0, 0.1) is 5.82 Å². The lowest BCUT2D eigenvalue weighted by atomic mass is 10.2. The van der Waals surface area contributed by atoms with Crippen LogP contribution < -0.4 is 4.90 Å². The Morgan fingerprint density at radius 2 is 2.32 bits per heavy atom. The zero-order valence-corrected chi connectivity index (χ0v) is 13.4. The average Bonchev–Trinajstić information content (AvgIpc) is 2.84. The van der Waals surface area contributed by atoms with Crippen molar-refractivity contribution in [3.05, 3.63) is 29.0 Å².